The molecular weight excluding hydrogens is 415 g/mol. The number of halogens is 1. The molecule has 0 saturated carbocycles. The average molecular weight is 440 g/mol. The number of piperazine rings is 1. The third kappa shape index (κ3) is 3.77. The van der Waals surface area contributed by atoms with Crippen molar-refractivity contribution in [2.75, 3.05) is 55.7 Å². The second-order valence-corrected chi connectivity index (χ2v) is 8.50. The van der Waals surface area contributed by atoms with Gasteiger partial charge in [-0.25, -0.2) is 4.39 Å². The van der Waals surface area contributed by atoms with E-state index < -0.39 is 4.92 Å². The van der Waals surface area contributed by atoms with Gasteiger partial charge in [-0.15, -0.1) is 0 Å². The number of benzene rings is 2. The van der Waals surface area contributed by atoms with Gasteiger partial charge in [0.15, 0.2) is 0 Å². The predicted molar refractivity (Wildman–Crippen MR) is 117 cm³/mol. The number of hydrogen-bond acceptors (Lipinski definition) is 6. The van der Waals surface area contributed by atoms with E-state index >= 15 is 0 Å². The van der Waals surface area contributed by atoms with Crippen molar-refractivity contribution in [1.82, 2.24) is 4.90 Å². The van der Waals surface area contributed by atoms with E-state index in [2.05, 4.69) is 9.80 Å². The van der Waals surface area contributed by atoms with Crippen molar-refractivity contribution >= 4 is 23.0 Å². The molecule has 3 heterocycles. The molecule has 3 aliphatic rings. The van der Waals surface area contributed by atoms with Crippen molar-refractivity contribution < 1.29 is 18.8 Å². The summed E-state index contributed by atoms with van der Waals surface area (Å²) in [4.78, 5) is 30.8. The minimum atomic E-state index is -0.391. The lowest BCUT2D eigenvalue weighted by Gasteiger charge is -2.50. The molecule has 0 aromatic heterocycles. The number of morpholine rings is 1. The highest BCUT2D eigenvalue weighted by Gasteiger charge is 2.43. The standard InChI is InChI=1S/C23H25FN4O4/c24-17-1-3-18(4-2-17)26-7-8-27-21-6-5-19(28(30)31)13-16(21)14-20(22(27)15-26)23(29)25-9-11-32-12-10-25/h1-6,13,20,22H,7-12,14-15H2/t20-,22-/m0/s1. The Kier molecular flexibility index (Phi) is 5.42. The van der Waals surface area contributed by atoms with Crippen molar-refractivity contribution in [3.63, 3.8) is 0 Å². The van der Waals surface area contributed by atoms with Crippen LogP contribution in [0.3, 0.4) is 0 Å². The van der Waals surface area contributed by atoms with Crippen molar-refractivity contribution in [1.29, 1.82) is 0 Å². The molecule has 2 saturated heterocycles. The average Bonchev–Trinajstić information content (AvgIpc) is 2.83. The monoisotopic (exact) mass is 440 g/mol. The molecule has 32 heavy (non-hydrogen) atoms. The first-order valence-electron chi connectivity index (χ1n) is 10.9. The number of nitro benzene ring substituents is 1. The highest BCUT2D eigenvalue weighted by Crippen LogP contribution is 2.39. The zero-order valence-electron chi connectivity index (χ0n) is 17.7. The fraction of sp³-hybridized carbons (Fsp3) is 0.435. The smallest absolute Gasteiger partial charge is 0.269 e. The second kappa shape index (κ2) is 8.38. The maximum atomic E-state index is 13.6. The molecule has 168 valence electrons. The van der Waals surface area contributed by atoms with Crippen LogP contribution in [0.1, 0.15) is 5.56 Å². The lowest BCUT2D eigenvalue weighted by molar-refractivity contribution is -0.384. The number of rotatable bonds is 3. The second-order valence-electron chi connectivity index (χ2n) is 8.50. The summed E-state index contributed by atoms with van der Waals surface area (Å²) < 4.78 is 18.8. The van der Waals surface area contributed by atoms with Gasteiger partial charge in [-0.3, -0.25) is 14.9 Å². The summed E-state index contributed by atoms with van der Waals surface area (Å²) in [5.74, 6) is -0.520. The number of carbonyl (C=O) groups excluding carboxylic acids is 1. The summed E-state index contributed by atoms with van der Waals surface area (Å²) in [5.41, 5.74) is 2.78. The van der Waals surface area contributed by atoms with Crippen molar-refractivity contribution in [2.45, 2.75) is 12.5 Å². The third-order valence-electron chi connectivity index (χ3n) is 6.74. The van der Waals surface area contributed by atoms with E-state index in [0.717, 1.165) is 23.5 Å². The molecule has 0 bridgehead atoms. The summed E-state index contributed by atoms with van der Waals surface area (Å²) in [6, 6.07) is 11.3. The zero-order chi connectivity index (χ0) is 22.2. The van der Waals surface area contributed by atoms with E-state index in [1.165, 1.54) is 18.2 Å². The van der Waals surface area contributed by atoms with Gasteiger partial charge >= 0.3 is 0 Å². The Hall–Kier alpha value is -3.20. The van der Waals surface area contributed by atoms with Crippen LogP contribution in [0.5, 0.6) is 0 Å². The molecular formula is C23H25FN4O4. The van der Waals surface area contributed by atoms with Gasteiger partial charge in [0.2, 0.25) is 5.91 Å². The summed E-state index contributed by atoms with van der Waals surface area (Å²) in [5, 5.41) is 11.3. The van der Waals surface area contributed by atoms with Gasteiger partial charge in [-0.1, -0.05) is 0 Å². The van der Waals surface area contributed by atoms with Gasteiger partial charge in [0.25, 0.3) is 5.69 Å². The summed E-state index contributed by atoms with van der Waals surface area (Å²) in [6.45, 7) is 4.20. The highest BCUT2D eigenvalue weighted by atomic mass is 19.1. The first-order valence-corrected chi connectivity index (χ1v) is 10.9. The molecule has 0 aliphatic carbocycles. The van der Waals surface area contributed by atoms with E-state index in [1.807, 2.05) is 11.0 Å². The molecule has 2 fully saturated rings. The van der Waals surface area contributed by atoms with Crippen LogP contribution in [-0.4, -0.2) is 67.7 Å². The Morgan fingerprint density at radius 2 is 1.81 bits per heavy atom. The van der Waals surface area contributed by atoms with E-state index in [4.69, 9.17) is 4.74 Å². The number of nitrogens with zero attached hydrogens (tertiary/aromatic N) is 4. The Balaban J connectivity index is 1.48. The highest BCUT2D eigenvalue weighted by molar-refractivity contribution is 5.83. The minimum absolute atomic E-state index is 0.0460. The van der Waals surface area contributed by atoms with Crippen molar-refractivity contribution in [3.05, 3.63) is 64.0 Å². The number of ether oxygens (including phenoxy) is 1. The molecule has 1 amide bonds. The van der Waals surface area contributed by atoms with Gasteiger partial charge < -0.3 is 19.4 Å². The first-order chi connectivity index (χ1) is 15.5. The topological polar surface area (TPSA) is 79.2 Å². The third-order valence-corrected chi connectivity index (χ3v) is 6.74. The maximum Gasteiger partial charge on any atom is 0.269 e. The van der Waals surface area contributed by atoms with Crippen LogP contribution in [0.2, 0.25) is 0 Å². The molecule has 0 radical (unpaired) electrons. The molecule has 2 aromatic rings. The maximum absolute atomic E-state index is 13.6. The van der Waals surface area contributed by atoms with E-state index in [0.29, 0.717) is 45.8 Å². The summed E-state index contributed by atoms with van der Waals surface area (Å²) >= 11 is 0. The number of non-ortho nitro benzene ring substituents is 1. The largest absolute Gasteiger partial charge is 0.378 e. The molecule has 5 rings (SSSR count). The van der Waals surface area contributed by atoms with Crippen LogP contribution >= 0.6 is 0 Å². The SMILES string of the molecule is O=C([C@H]1Cc2cc([N+](=O)[O-])ccc2N2CCN(c3ccc(F)cc3)C[C@@H]12)N1CCOCC1. The summed E-state index contributed by atoms with van der Waals surface area (Å²) in [7, 11) is 0. The lowest BCUT2D eigenvalue weighted by Crippen LogP contribution is -2.62. The summed E-state index contributed by atoms with van der Waals surface area (Å²) in [6.07, 6.45) is 0.464. The lowest BCUT2D eigenvalue weighted by atomic mass is 9.82. The van der Waals surface area contributed by atoms with Crippen molar-refractivity contribution in [2.24, 2.45) is 5.92 Å². The van der Waals surface area contributed by atoms with Crippen LogP contribution in [0.25, 0.3) is 0 Å². The molecule has 8 nitrogen and oxygen atoms in total. The number of hydrogen-bond donors (Lipinski definition) is 0. The number of anilines is 2. The number of amides is 1. The van der Waals surface area contributed by atoms with Crippen LogP contribution in [0.4, 0.5) is 21.5 Å². The van der Waals surface area contributed by atoms with Gasteiger partial charge in [0.05, 0.1) is 30.1 Å². The first kappa shape index (κ1) is 20.7. The van der Waals surface area contributed by atoms with E-state index in [-0.39, 0.29) is 29.4 Å². The number of fused-ring (bicyclic) bond motifs is 3. The Labute approximate surface area is 185 Å². The van der Waals surface area contributed by atoms with Gasteiger partial charge in [0.1, 0.15) is 5.82 Å². The normalized spacial score (nSPS) is 22.8. The Bertz CT molecular complexity index is 1030. The molecule has 3 aliphatic heterocycles. The van der Waals surface area contributed by atoms with Gasteiger partial charge in [-0.05, 0) is 42.3 Å². The van der Waals surface area contributed by atoms with Crippen LogP contribution < -0.4 is 9.80 Å². The van der Waals surface area contributed by atoms with Crippen molar-refractivity contribution in [3.8, 4) is 0 Å². The molecule has 0 N–H and O–H groups in total. The van der Waals surface area contributed by atoms with Crippen LogP contribution in [-0.2, 0) is 16.0 Å². The van der Waals surface area contributed by atoms with E-state index in [1.54, 1.807) is 18.2 Å². The quantitative estimate of drug-likeness (QED) is 0.539. The Morgan fingerprint density at radius 3 is 2.53 bits per heavy atom. The van der Waals surface area contributed by atoms with Crippen LogP contribution in [0, 0.1) is 21.8 Å². The predicted octanol–water partition coefficient (Wildman–Crippen LogP) is 2.46. The minimum Gasteiger partial charge on any atom is -0.378 e. The number of carbonyl (C=O) groups is 1. The van der Waals surface area contributed by atoms with Crippen LogP contribution in [0.15, 0.2) is 42.5 Å². The Morgan fingerprint density at radius 1 is 1.06 bits per heavy atom. The van der Waals surface area contributed by atoms with Gasteiger partial charge in [0, 0.05) is 56.2 Å². The molecule has 0 spiro atoms. The molecule has 0 unspecified atom stereocenters. The molecule has 9 heteroatoms. The molecule has 2 aromatic carbocycles. The van der Waals surface area contributed by atoms with E-state index in [9.17, 15) is 19.3 Å². The zero-order valence-corrected chi connectivity index (χ0v) is 17.7. The molecule has 2 atom stereocenters. The fourth-order valence-corrected chi connectivity index (χ4v) is 5.11. The number of nitro groups is 1. The van der Waals surface area contributed by atoms with Gasteiger partial charge in [-0.2, -0.15) is 0 Å². The fourth-order valence-electron chi connectivity index (χ4n) is 5.11.